The maximum absolute atomic E-state index is 11.7. The van der Waals surface area contributed by atoms with E-state index in [9.17, 15) is 19.5 Å². The highest BCUT2D eigenvalue weighted by Crippen LogP contribution is 2.04. The van der Waals surface area contributed by atoms with Crippen LogP contribution in [0.15, 0.2) is 30.3 Å². The molecule has 5 N–H and O–H groups in total. The molecule has 1 aromatic carbocycles. The van der Waals surface area contributed by atoms with Crippen LogP contribution in [0.1, 0.15) is 13.8 Å². The number of aliphatic carboxylic acids is 1. The van der Waals surface area contributed by atoms with Crippen LogP contribution in [0.25, 0.3) is 0 Å². The van der Waals surface area contributed by atoms with E-state index in [-0.39, 0.29) is 0 Å². The lowest BCUT2D eigenvalue weighted by atomic mass is 10.1. The van der Waals surface area contributed by atoms with Crippen LogP contribution in [0.2, 0.25) is 0 Å². The fourth-order valence-corrected chi connectivity index (χ4v) is 1.44. The molecule has 0 saturated heterocycles. The van der Waals surface area contributed by atoms with Gasteiger partial charge in [0.2, 0.25) is 5.91 Å². The molecule has 22 heavy (non-hydrogen) atoms. The molecule has 0 bridgehead atoms. The fourth-order valence-electron chi connectivity index (χ4n) is 1.44. The zero-order valence-corrected chi connectivity index (χ0v) is 12.3. The van der Waals surface area contributed by atoms with Gasteiger partial charge in [0.05, 0.1) is 6.54 Å². The molecule has 1 aromatic rings. The number of carbonyl (C=O) groups excluding carboxylic acids is 2. The fraction of sp³-hybridized carbons (Fsp3) is 0.357. The second kappa shape index (κ2) is 7.41. The van der Waals surface area contributed by atoms with Crippen LogP contribution in [0.3, 0.4) is 0 Å². The number of benzene rings is 1. The molecule has 0 radical (unpaired) electrons. The Hall–Kier alpha value is -2.61. The Balaban J connectivity index is 2.44. The van der Waals surface area contributed by atoms with Gasteiger partial charge in [-0.1, -0.05) is 18.2 Å². The van der Waals surface area contributed by atoms with Crippen LogP contribution in [0.5, 0.6) is 0 Å². The van der Waals surface area contributed by atoms with Crippen molar-refractivity contribution in [3.63, 3.8) is 0 Å². The summed E-state index contributed by atoms with van der Waals surface area (Å²) in [6, 6.07) is 7.21. The molecule has 0 fully saturated rings. The van der Waals surface area contributed by atoms with Gasteiger partial charge in [0, 0.05) is 5.69 Å². The summed E-state index contributed by atoms with van der Waals surface area (Å²) in [6.45, 7) is 2.04. The standard InChI is InChI=1S/C14H19N3O5/c1-9(11(18)15-8-14(2,22)12(19)20)16-13(21)17-10-6-4-3-5-7-10/h3-7,9,22H,8H2,1-2H3,(H,15,18)(H,19,20)(H2,16,17,21). The first-order valence-corrected chi connectivity index (χ1v) is 6.58. The Morgan fingerprint density at radius 2 is 1.82 bits per heavy atom. The highest BCUT2D eigenvalue weighted by atomic mass is 16.4. The number of carboxylic acid groups (broad SMARTS) is 1. The average molecular weight is 309 g/mol. The van der Waals surface area contributed by atoms with Crippen molar-refractivity contribution >= 4 is 23.6 Å². The molecule has 120 valence electrons. The number of hydrogen-bond donors (Lipinski definition) is 5. The molecule has 0 heterocycles. The summed E-state index contributed by atoms with van der Waals surface area (Å²) < 4.78 is 0. The van der Waals surface area contributed by atoms with E-state index in [1.807, 2.05) is 0 Å². The third kappa shape index (κ3) is 5.41. The maximum Gasteiger partial charge on any atom is 0.337 e. The van der Waals surface area contributed by atoms with Gasteiger partial charge in [-0.15, -0.1) is 0 Å². The molecular formula is C14H19N3O5. The molecule has 0 aliphatic carbocycles. The van der Waals surface area contributed by atoms with Gasteiger partial charge in [-0.2, -0.15) is 0 Å². The van der Waals surface area contributed by atoms with Crippen molar-refractivity contribution in [3.05, 3.63) is 30.3 Å². The lowest BCUT2D eigenvalue weighted by Gasteiger charge is -2.20. The van der Waals surface area contributed by atoms with Crippen LogP contribution in [-0.4, -0.2) is 46.3 Å². The van der Waals surface area contributed by atoms with Crippen LogP contribution >= 0.6 is 0 Å². The molecule has 3 amide bonds. The minimum Gasteiger partial charge on any atom is -0.479 e. The number of nitrogens with one attached hydrogen (secondary N) is 3. The zero-order valence-electron chi connectivity index (χ0n) is 12.3. The molecule has 0 aromatic heterocycles. The van der Waals surface area contributed by atoms with Crippen LogP contribution in [0.4, 0.5) is 10.5 Å². The second-order valence-electron chi connectivity index (χ2n) is 4.98. The molecule has 0 saturated carbocycles. The monoisotopic (exact) mass is 309 g/mol. The summed E-state index contributed by atoms with van der Waals surface area (Å²) in [5.74, 6) is -2.06. The van der Waals surface area contributed by atoms with E-state index in [1.165, 1.54) is 6.92 Å². The van der Waals surface area contributed by atoms with Crippen LogP contribution in [-0.2, 0) is 9.59 Å². The number of carbonyl (C=O) groups is 3. The Morgan fingerprint density at radius 3 is 2.36 bits per heavy atom. The van der Waals surface area contributed by atoms with Gasteiger partial charge in [-0.3, -0.25) is 4.79 Å². The maximum atomic E-state index is 11.7. The van der Waals surface area contributed by atoms with Crippen molar-refractivity contribution in [2.75, 3.05) is 11.9 Å². The number of urea groups is 1. The largest absolute Gasteiger partial charge is 0.479 e. The summed E-state index contributed by atoms with van der Waals surface area (Å²) in [6.07, 6.45) is 0. The second-order valence-corrected chi connectivity index (χ2v) is 4.98. The van der Waals surface area contributed by atoms with E-state index in [2.05, 4.69) is 16.0 Å². The van der Waals surface area contributed by atoms with E-state index in [0.29, 0.717) is 5.69 Å². The quantitative estimate of drug-likeness (QED) is 0.511. The number of carboxylic acids is 1. The van der Waals surface area contributed by atoms with Gasteiger partial charge >= 0.3 is 12.0 Å². The molecular weight excluding hydrogens is 290 g/mol. The van der Waals surface area contributed by atoms with E-state index in [4.69, 9.17) is 5.11 Å². The van der Waals surface area contributed by atoms with Crippen molar-refractivity contribution in [1.29, 1.82) is 0 Å². The van der Waals surface area contributed by atoms with E-state index in [0.717, 1.165) is 6.92 Å². The summed E-state index contributed by atoms with van der Waals surface area (Å²) in [7, 11) is 0. The topological polar surface area (TPSA) is 128 Å². The Morgan fingerprint density at radius 1 is 1.23 bits per heavy atom. The van der Waals surface area contributed by atoms with Crippen LogP contribution in [0, 0.1) is 0 Å². The first-order valence-electron chi connectivity index (χ1n) is 6.58. The third-order valence-corrected chi connectivity index (χ3v) is 2.84. The average Bonchev–Trinajstić information content (AvgIpc) is 2.45. The number of hydrogen-bond acceptors (Lipinski definition) is 4. The summed E-state index contributed by atoms with van der Waals surface area (Å²) >= 11 is 0. The molecule has 0 spiro atoms. The molecule has 2 unspecified atom stereocenters. The zero-order chi connectivity index (χ0) is 16.8. The lowest BCUT2D eigenvalue weighted by Crippen LogP contribution is -2.52. The van der Waals surface area contributed by atoms with Gasteiger partial charge < -0.3 is 26.2 Å². The van der Waals surface area contributed by atoms with Gasteiger partial charge in [-0.05, 0) is 26.0 Å². The summed E-state index contributed by atoms with van der Waals surface area (Å²) in [5, 5.41) is 25.4. The first-order chi connectivity index (χ1) is 10.2. The lowest BCUT2D eigenvalue weighted by molar-refractivity contribution is -0.156. The Labute approximate surface area is 127 Å². The van der Waals surface area contributed by atoms with Gasteiger partial charge in [0.1, 0.15) is 6.04 Å². The Kier molecular flexibility index (Phi) is 5.88. The highest BCUT2D eigenvalue weighted by molar-refractivity contribution is 5.93. The third-order valence-electron chi connectivity index (χ3n) is 2.84. The number of aliphatic hydroxyl groups is 1. The minimum atomic E-state index is -2.07. The summed E-state index contributed by atoms with van der Waals surface area (Å²) in [5.41, 5.74) is -1.50. The first kappa shape index (κ1) is 17.4. The predicted octanol–water partition coefficient (Wildman–Crippen LogP) is 0.148. The number of amides is 3. The van der Waals surface area contributed by atoms with E-state index >= 15 is 0 Å². The highest BCUT2D eigenvalue weighted by Gasteiger charge is 2.31. The Bertz CT molecular complexity index is 545. The molecule has 8 heteroatoms. The van der Waals surface area contributed by atoms with E-state index in [1.54, 1.807) is 30.3 Å². The van der Waals surface area contributed by atoms with Crippen molar-refractivity contribution in [2.45, 2.75) is 25.5 Å². The molecule has 0 aliphatic rings. The molecule has 8 nitrogen and oxygen atoms in total. The van der Waals surface area contributed by atoms with Gasteiger partial charge in [0.15, 0.2) is 5.60 Å². The van der Waals surface area contributed by atoms with Crippen LogP contribution < -0.4 is 16.0 Å². The summed E-state index contributed by atoms with van der Waals surface area (Å²) in [4.78, 5) is 34.1. The van der Waals surface area contributed by atoms with Gasteiger partial charge in [-0.25, -0.2) is 9.59 Å². The smallest absolute Gasteiger partial charge is 0.337 e. The van der Waals surface area contributed by atoms with E-state index < -0.39 is 36.1 Å². The van der Waals surface area contributed by atoms with Crippen molar-refractivity contribution < 1.29 is 24.6 Å². The molecule has 1 rings (SSSR count). The molecule has 0 aliphatic heterocycles. The van der Waals surface area contributed by atoms with Crippen molar-refractivity contribution in [1.82, 2.24) is 10.6 Å². The molecule has 2 atom stereocenters. The normalized spacial score (nSPS) is 14.3. The number of rotatable bonds is 6. The SMILES string of the molecule is CC(NC(=O)Nc1ccccc1)C(=O)NCC(C)(O)C(=O)O. The van der Waals surface area contributed by atoms with Crippen molar-refractivity contribution in [3.8, 4) is 0 Å². The van der Waals surface area contributed by atoms with Crippen molar-refractivity contribution in [2.24, 2.45) is 0 Å². The predicted molar refractivity (Wildman–Crippen MR) is 79.3 cm³/mol. The van der Waals surface area contributed by atoms with Gasteiger partial charge in [0.25, 0.3) is 0 Å². The number of anilines is 1. The minimum absolute atomic E-state index is 0.465. The number of para-hydroxylation sites is 1.